The van der Waals surface area contributed by atoms with Gasteiger partial charge in [0.15, 0.2) is 0 Å². The maximum atomic E-state index is 6.21. The molecule has 0 spiro atoms. The lowest BCUT2D eigenvalue weighted by molar-refractivity contribution is 0.415. The molecule has 0 radical (unpaired) electrons. The van der Waals surface area contributed by atoms with Gasteiger partial charge in [-0.15, -0.1) is 0 Å². The summed E-state index contributed by atoms with van der Waals surface area (Å²) in [5.41, 5.74) is 2.66. The highest BCUT2D eigenvalue weighted by Crippen LogP contribution is 2.30. The van der Waals surface area contributed by atoms with E-state index >= 15 is 0 Å². The van der Waals surface area contributed by atoms with Gasteiger partial charge < -0.3 is 4.74 Å². The first kappa shape index (κ1) is 11.9. The number of methoxy groups -OCH3 is 1. The van der Waals surface area contributed by atoms with Gasteiger partial charge in [-0.05, 0) is 38.1 Å². The first-order chi connectivity index (χ1) is 8.10. The van der Waals surface area contributed by atoms with Crippen molar-refractivity contribution in [2.45, 2.75) is 13.8 Å². The molecule has 0 amide bonds. The molecule has 0 atom stereocenters. The van der Waals surface area contributed by atoms with Gasteiger partial charge in [0.05, 0.1) is 17.8 Å². The van der Waals surface area contributed by atoms with Crippen LogP contribution in [-0.4, -0.2) is 17.1 Å². The number of aryl methyl sites for hydroxylation is 2. The van der Waals surface area contributed by atoms with E-state index in [1.165, 1.54) is 0 Å². The number of hydrogen-bond acceptors (Lipinski definition) is 3. The Labute approximate surface area is 105 Å². The molecule has 0 saturated heterocycles. The number of rotatable bonds is 2. The predicted octanol–water partition coefficient (Wildman–Crippen LogP) is 3.42. The number of benzene rings is 1. The Hall–Kier alpha value is -1.61. The van der Waals surface area contributed by atoms with E-state index < -0.39 is 0 Å². The van der Waals surface area contributed by atoms with Gasteiger partial charge in [-0.2, -0.15) is 0 Å². The molecule has 0 unspecified atom stereocenters. The van der Waals surface area contributed by atoms with E-state index in [4.69, 9.17) is 16.3 Å². The smallest absolute Gasteiger partial charge is 0.126 e. The quantitative estimate of drug-likeness (QED) is 0.817. The number of aromatic nitrogens is 2. The van der Waals surface area contributed by atoms with Crippen LogP contribution < -0.4 is 4.74 Å². The van der Waals surface area contributed by atoms with E-state index in [1.807, 2.05) is 32.0 Å². The van der Waals surface area contributed by atoms with Gasteiger partial charge in [0.1, 0.15) is 11.6 Å². The molecule has 1 heterocycles. The van der Waals surface area contributed by atoms with Gasteiger partial charge in [0.2, 0.25) is 0 Å². The molecule has 88 valence electrons. The standard InChI is InChI=1S/C13H13ClN2O/c1-8-6-13(16-9(2)15-8)11-5-4-10(17-3)7-12(11)14/h4-7H,1-3H3. The van der Waals surface area contributed by atoms with E-state index in [-0.39, 0.29) is 0 Å². The highest BCUT2D eigenvalue weighted by Gasteiger charge is 2.07. The number of nitrogens with zero attached hydrogens (tertiary/aromatic N) is 2. The summed E-state index contributed by atoms with van der Waals surface area (Å²) in [7, 11) is 1.62. The largest absolute Gasteiger partial charge is 0.497 e. The molecule has 0 aliphatic rings. The Morgan fingerprint density at radius 1 is 1.12 bits per heavy atom. The molecule has 0 N–H and O–H groups in total. The van der Waals surface area contributed by atoms with Crippen molar-refractivity contribution in [1.82, 2.24) is 9.97 Å². The third-order valence-corrected chi connectivity index (χ3v) is 2.73. The Morgan fingerprint density at radius 3 is 2.47 bits per heavy atom. The fourth-order valence-electron chi connectivity index (χ4n) is 1.69. The van der Waals surface area contributed by atoms with Crippen molar-refractivity contribution < 1.29 is 4.74 Å². The number of ether oxygens (including phenoxy) is 1. The van der Waals surface area contributed by atoms with Gasteiger partial charge in [-0.3, -0.25) is 0 Å². The topological polar surface area (TPSA) is 35.0 Å². The normalized spacial score (nSPS) is 10.4. The lowest BCUT2D eigenvalue weighted by Gasteiger charge is -2.07. The Bertz CT molecular complexity index is 535. The van der Waals surface area contributed by atoms with Crippen LogP contribution in [-0.2, 0) is 0 Å². The zero-order chi connectivity index (χ0) is 12.4. The molecular weight excluding hydrogens is 236 g/mol. The summed E-state index contributed by atoms with van der Waals surface area (Å²) in [5, 5.41) is 0.627. The van der Waals surface area contributed by atoms with Crippen molar-refractivity contribution in [1.29, 1.82) is 0 Å². The lowest BCUT2D eigenvalue weighted by Crippen LogP contribution is -1.94. The van der Waals surface area contributed by atoms with Crippen LogP contribution in [0, 0.1) is 13.8 Å². The third kappa shape index (κ3) is 2.56. The van der Waals surface area contributed by atoms with E-state index in [0.717, 1.165) is 28.5 Å². The third-order valence-electron chi connectivity index (χ3n) is 2.42. The molecule has 2 rings (SSSR count). The van der Waals surface area contributed by atoms with Gasteiger partial charge >= 0.3 is 0 Å². The van der Waals surface area contributed by atoms with Crippen LogP contribution in [0.3, 0.4) is 0 Å². The Kier molecular flexibility index (Phi) is 3.29. The first-order valence-corrected chi connectivity index (χ1v) is 5.64. The summed E-state index contributed by atoms with van der Waals surface area (Å²) in [5.74, 6) is 1.48. The van der Waals surface area contributed by atoms with Crippen molar-refractivity contribution in [3.05, 3.63) is 40.8 Å². The highest BCUT2D eigenvalue weighted by atomic mass is 35.5. The molecule has 0 bridgehead atoms. The van der Waals surface area contributed by atoms with Crippen LogP contribution in [0.15, 0.2) is 24.3 Å². The van der Waals surface area contributed by atoms with Crippen LogP contribution >= 0.6 is 11.6 Å². The zero-order valence-corrected chi connectivity index (χ0v) is 10.7. The van der Waals surface area contributed by atoms with Crippen molar-refractivity contribution in [3.8, 4) is 17.0 Å². The molecule has 0 aliphatic carbocycles. The van der Waals surface area contributed by atoms with Gasteiger partial charge in [0.25, 0.3) is 0 Å². The Morgan fingerprint density at radius 2 is 1.88 bits per heavy atom. The lowest BCUT2D eigenvalue weighted by atomic mass is 10.1. The molecule has 0 aliphatic heterocycles. The van der Waals surface area contributed by atoms with E-state index in [9.17, 15) is 0 Å². The van der Waals surface area contributed by atoms with Crippen LogP contribution in [0.1, 0.15) is 11.5 Å². The summed E-state index contributed by atoms with van der Waals surface area (Å²) in [6.45, 7) is 3.81. The SMILES string of the molecule is COc1ccc(-c2cc(C)nc(C)n2)c(Cl)c1. The van der Waals surface area contributed by atoms with Crippen molar-refractivity contribution in [2.24, 2.45) is 0 Å². The monoisotopic (exact) mass is 248 g/mol. The van der Waals surface area contributed by atoms with E-state index in [1.54, 1.807) is 13.2 Å². The maximum Gasteiger partial charge on any atom is 0.126 e. The average Bonchev–Trinajstić information content (AvgIpc) is 2.27. The van der Waals surface area contributed by atoms with Crippen molar-refractivity contribution in [3.63, 3.8) is 0 Å². The summed E-state index contributed by atoms with van der Waals surface area (Å²) < 4.78 is 5.12. The molecule has 2 aromatic rings. The van der Waals surface area contributed by atoms with Crippen molar-refractivity contribution >= 4 is 11.6 Å². The van der Waals surface area contributed by atoms with E-state index in [0.29, 0.717) is 5.02 Å². The second kappa shape index (κ2) is 4.72. The van der Waals surface area contributed by atoms with Gasteiger partial charge in [-0.25, -0.2) is 9.97 Å². The molecule has 1 aromatic carbocycles. The van der Waals surface area contributed by atoms with Crippen LogP contribution in [0.5, 0.6) is 5.75 Å². The molecule has 3 nitrogen and oxygen atoms in total. The second-order valence-electron chi connectivity index (χ2n) is 3.79. The summed E-state index contributed by atoms with van der Waals surface area (Å²) in [6, 6.07) is 7.47. The minimum absolute atomic E-state index is 0.627. The van der Waals surface area contributed by atoms with Crippen LogP contribution in [0.2, 0.25) is 5.02 Å². The van der Waals surface area contributed by atoms with E-state index in [2.05, 4.69) is 9.97 Å². The minimum atomic E-state index is 0.627. The average molecular weight is 249 g/mol. The fourth-order valence-corrected chi connectivity index (χ4v) is 1.95. The van der Waals surface area contributed by atoms with Crippen LogP contribution in [0.25, 0.3) is 11.3 Å². The van der Waals surface area contributed by atoms with Gasteiger partial charge in [-0.1, -0.05) is 11.6 Å². The molecule has 0 fully saturated rings. The molecular formula is C13H13ClN2O. The summed E-state index contributed by atoms with van der Waals surface area (Å²) >= 11 is 6.21. The second-order valence-corrected chi connectivity index (χ2v) is 4.19. The van der Waals surface area contributed by atoms with Gasteiger partial charge in [0, 0.05) is 11.3 Å². The number of hydrogen-bond donors (Lipinski definition) is 0. The minimum Gasteiger partial charge on any atom is -0.497 e. The zero-order valence-electron chi connectivity index (χ0n) is 9.99. The Balaban J connectivity index is 2.52. The summed E-state index contributed by atoms with van der Waals surface area (Å²) in [4.78, 5) is 8.63. The number of halogens is 1. The predicted molar refractivity (Wildman–Crippen MR) is 68.5 cm³/mol. The fraction of sp³-hybridized carbons (Fsp3) is 0.231. The first-order valence-electron chi connectivity index (χ1n) is 5.26. The molecule has 1 aromatic heterocycles. The highest BCUT2D eigenvalue weighted by molar-refractivity contribution is 6.33. The molecule has 17 heavy (non-hydrogen) atoms. The molecule has 0 saturated carbocycles. The van der Waals surface area contributed by atoms with Crippen LogP contribution in [0.4, 0.5) is 0 Å². The molecule has 4 heteroatoms. The maximum absolute atomic E-state index is 6.21. The summed E-state index contributed by atoms with van der Waals surface area (Å²) in [6.07, 6.45) is 0. The van der Waals surface area contributed by atoms with Crippen molar-refractivity contribution in [2.75, 3.05) is 7.11 Å².